The summed E-state index contributed by atoms with van der Waals surface area (Å²) >= 11 is 0. The molecule has 16 heavy (non-hydrogen) atoms. The molecule has 4 nitrogen and oxygen atoms in total. The Morgan fingerprint density at radius 2 is 2.25 bits per heavy atom. The highest BCUT2D eigenvalue weighted by Crippen LogP contribution is 2.11. The van der Waals surface area contributed by atoms with Crippen molar-refractivity contribution in [3.63, 3.8) is 0 Å². The maximum atomic E-state index is 11.9. The van der Waals surface area contributed by atoms with Crippen molar-refractivity contribution < 1.29 is 4.79 Å². The first-order chi connectivity index (χ1) is 7.54. The van der Waals surface area contributed by atoms with Crippen molar-refractivity contribution in [2.24, 2.45) is 11.8 Å². The van der Waals surface area contributed by atoms with Crippen molar-refractivity contribution in [1.82, 2.24) is 15.5 Å². The van der Waals surface area contributed by atoms with Gasteiger partial charge in [0.15, 0.2) is 0 Å². The molecule has 2 unspecified atom stereocenters. The molecule has 4 heteroatoms. The molecule has 2 N–H and O–H groups in total. The van der Waals surface area contributed by atoms with E-state index in [4.69, 9.17) is 0 Å². The van der Waals surface area contributed by atoms with E-state index < -0.39 is 0 Å². The Labute approximate surface area is 98.8 Å². The predicted molar refractivity (Wildman–Crippen MR) is 66.3 cm³/mol. The van der Waals surface area contributed by atoms with Gasteiger partial charge in [-0.3, -0.25) is 9.69 Å². The highest BCUT2D eigenvalue weighted by molar-refractivity contribution is 5.82. The van der Waals surface area contributed by atoms with E-state index in [2.05, 4.69) is 36.3 Å². The zero-order valence-corrected chi connectivity index (χ0v) is 10.9. The lowest BCUT2D eigenvalue weighted by molar-refractivity contribution is -0.125. The molecule has 0 bridgehead atoms. The van der Waals surface area contributed by atoms with Crippen LogP contribution in [-0.4, -0.2) is 50.1 Å². The number of nitrogens with zero attached hydrogens (tertiary/aromatic N) is 1. The Morgan fingerprint density at radius 1 is 1.56 bits per heavy atom. The first-order valence-electron chi connectivity index (χ1n) is 6.21. The van der Waals surface area contributed by atoms with Gasteiger partial charge in [0, 0.05) is 26.2 Å². The molecule has 1 amide bonds. The maximum Gasteiger partial charge on any atom is 0.238 e. The molecular formula is C12H25N3O. The van der Waals surface area contributed by atoms with Gasteiger partial charge >= 0.3 is 0 Å². The summed E-state index contributed by atoms with van der Waals surface area (Å²) in [5.41, 5.74) is 0. The van der Waals surface area contributed by atoms with Gasteiger partial charge in [0.05, 0.1) is 0 Å². The maximum absolute atomic E-state index is 11.9. The van der Waals surface area contributed by atoms with Crippen LogP contribution in [0.1, 0.15) is 20.8 Å². The lowest BCUT2D eigenvalue weighted by Gasteiger charge is -2.30. The number of hydrogen-bond donors (Lipinski definition) is 2. The van der Waals surface area contributed by atoms with Crippen molar-refractivity contribution in [1.29, 1.82) is 0 Å². The molecule has 0 aromatic heterocycles. The Hall–Kier alpha value is -0.610. The van der Waals surface area contributed by atoms with E-state index in [1.165, 1.54) is 0 Å². The Kier molecular flexibility index (Phi) is 5.22. The average molecular weight is 227 g/mol. The largest absolute Gasteiger partial charge is 0.354 e. The first-order valence-corrected chi connectivity index (χ1v) is 6.21. The molecule has 0 aromatic carbocycles. The number of amides is 1. The van der Waals surface area contributed by atoms with Crippen LogP contribution in [-0.2, 0) is 4.79 Å². The Balaban J connectivity index is 2.72. The van der Waals surface area contributed by atoms with Crippen LogP contribution in [0, 0.1) is 11.8 Å². The van der Waals surface area contributed by atoms with Gasteiger partial charge in [-0.1, -0.05) is 20.8 Å². The molecule has 1 fully saturated rings. The second kappa shape index (κ2) is 6.21. The normalized spacial score (nSPS) is 27.9. The smallest absolute Gasteiger partial charge is 0.238 e. The number of carbonyl (C=O) groups is 1. The molecule has 1 heterocycles. The van der Waals surface area contributed by atoms with Gasteiger partial charge in [-0.25, -0.2) is 0 Å². The minimum absolute atomic E-state index is 0.0163. The molecular weight excluding hydrogens is 202 g/mol. The third-order valence-corrected chi connectivity index (χ3v) is 2.91. The van der Waals surface area contributed by atoms with Crippen LogP contribution in [0.5, 0.6) is 0 Å². The van der Waals surface area contributed by atoms with Gasteiger partial charge < -0.3 is 10.6 Å². The van der Waals surface area contributed by atoms with Crippen LogP contribution < -0.4 is 10.6 Å². The van der Waals surface area contributed by atoms with Gasteiger partial charge in [0.25, 0.3) is 0 Å². The quantitative estimate of drug-likeness (QED) is 0.726. The van der Waals surface area contributed by atoms with E-state index in [1.807, 2.05) is 7.05 Å². The third kappa shape index (κ3) is 3.76. The summed E-state index contributed by atoms with van der Waals surface area (Å²) in [4.78, 5) is 14.3. The van der Waals surface area contributed by atoms with Gasteiger partial charge in [0.2, 0.25) is 5.91 Å². The predicted octanol–water partition coefficient (Wildman–Crippen LogP) is 0.298. The summed E-state index contributed by atoms with van der Waals surface area (Å²) in [5, 5.41) is 6.12. The Bertz CT molecular complexity index is 230. The number of hydrogen-bond acceptors (Lipinski definition) is 3. The van der Waals surface area contributed by atoms with Crippen LogP contribution in [0.3, 0.4) is 0 Å². The van der Waals surface area contributed by atoms with E-state index in [1.54, 1.807) is 0 Å². The van der Waals surface area contributed by atoms with Crippen molar-refractivity contribution in [3.05, 3.63) is 0 Å². The van der Waals surface area contributed by atoms with Crippen molar-refractivity contribution in [2.75, 3.05) is 33.2 Å². The molecule has 0 aliphatic carbocycles. The van der Waals surface area contributed by atoms with Gasteiger partial charge in [0.1, 0.15) is 6.04 Å². The molecule has 0 aromatic rings. The van der Waals surface area contributed by atoms with Crippen LogP contribution in [0.15, 0.2) is 0 Å². The summed E-state index contributed by atoms with van der Waals surface area (Å²) in [7, 11) is 1.90. The van der Waals surface area contributed by atoms with Gasteiger partial charge in [-0.2, -0.15) is 0 Å². The monoisotopic (exact) mass is 227 g/mol. The molecule has 0 saturated carbocycles. The zero-order valence-electron chi connectivity index (χ0n) is 10.9. The molecule has 2 atom stereocenters. The van der Waals surface area contributed by atoms with E-state index in [-0.39, 0.29) is 11.9 Å². The van der Waals surface area contributed by atoms with Crippen LogP contribution in [0.2, 0.25) is 0 Å². The fraction of sp³-hybridized carbons (Fsp3) is 0.917. The summed E-state index contributed by atoms with van der Waals surface area (Å²) in [5.74, 6) is 1.29. The zero-order chi connectivity index (χ0) is 12.1. The molecule has 1 saturated heterocycles. The summed E-state index contributed by atoms with van der Waals surface area (Å²) in [6, 6.07) is -0.0163. The highest BCUT2D eigenvalue weighted by Gasteiger charge is 2.29. The lowest BCUT2D eigenvalue weighted by atomic mass is 10.1. The summed E-state index contributed by atoms with van der Waals surface area (Å²) in [6.45, 7) is 10.1. The second-order valence-corrected chi connectivity index (χ2v) is 5.27. The van der Waals surface area contributed by atoms with E-state index in [0.29, 0.717) is 11.8 Å². The van der Waals surface area contributed by atoms with Crippen molar-refractivity contribution in [3.8, 4) is 0 Å². The minimum atomic E-state index is -0.0163. The summed E-state index contributed by atoms with van der Waals surface area (Å²) in [6.07, 6.45) is 0. The van der Waals surface area contributed by atoms with Crippen LogP contribution in [0.25, 0.3) is 0 Å². The molecule has 1 aliphatic rings. The topological polar surface area (TPSA) is 44.4 Å². The van der Waals surface area contributed by atoms with E-state index in [9.17, 15) is 4.79 Å². The van der Waals surface area contributed by atoms with E-state index >= 15 is 0 Å². The number of nitrogens with one attached hydrogen (secondary N) is 2. The fourth-order valence-corrected chi connectivity index (χ4v) is 2.24. The number of likely N-dealkylation sites (N-methyl/N-ethyl adjacent to an activating group) is 1. The van der Waals surface area contributed by atoms with E-state index in [0.717, 1.165) is 26.2 Å². The lowest BCUT2D eigenvalue weighted by Crippen LogP contribution is -2.50. The van der Waals surface area contributed by atoms with Gasteiger partial charge in [-0.05, 0) is 18.9 Å². The minimum Gasteiger partial charge on any atom is -0.354 e. The molecule has 0 spiro atoms. The first kappa shape index (κ1) is 13.5. The van der Waals surface area contributed by atoms with Crippen molar-refractivity contribution >= 4 is 5.91 Å². The fourth-order valence-electron chi connectivity index (χ4n) is 2.24. The number of carbonyl (C=O) groups excluding carboxylic acids is 1. The molecule has 94 valence electrons. The Morgan fingerprint density at radius 3 is 2.81 bits per heavy atom. The summed E-state index contributed by atoms with van der Waals surface area (Å²) < 4.78 is 0. The average Bonchev–Trinajstić information content (AvgIpc) is 2.31. The van der Waals surface area contributed by atoms with Crippen LogP contribution in [0.4, 0.5) is 0 Å². The van der Waals surface area contributed by atoms with Crippen LogP contribution >= 0.6 is 0 Å². The molecule has 0 radical (unpaired) electrons. The number of rotatable bonds is 4. The molecule has 1 aliphatic heterocycles. The highest BCUT2D eigenvalue weighted by atomic mass is 16.2. The van der Waals surface area contributed by atoms with Gasteiger partial charge in [-0.15, -0.1) is 0 Å². The molecule has 1 rings (SSSR count). The standard InChI is InChI=1S/C12H25N3O/c1-9(2)7-15-8-10(3)5-14-12(16)11(15)6-13-4/h9-11,13H,5-8H2,1-4H3,(H,14,16). The third-order valence-electron chi connectivity index (χ3n) is 2.91. The second-order valence-electron chi connectivity index (χ2n) is 5.27. The van der Waals surface area contributed by atoms with Crippen molar-refractivity contribution in [2.45, 2.75) is 26.8 Å². The SMILES string of the molecule is CNCC1C(=O)NCC(C)CN1CC(C)C.